The van der Waals surface area contributed by atoms with Gasteiger partial charge in [0.05, 0.1) is 24.6 Å². The van der Waals surface area contributed by atoms with Crippen molar-refractivity contribution in [3.8, 4) is 0 Å². The van der Waals surface area contributed by atoms with Crippen LogP contribution in [0.3, 0.4) is 0 Å². The smallest absolute Gasteiger partial charge is 0.340 e. The maximum absolute atomic E-state index is 12.0. The Morgan fingerprint density at radius 3 is 3.00 bits per heavy atom. The predicted octanol–water partition coefficient (Wildman–Crippen LogP) is 1.91. The minimum atomic E-state index is -0.486. The largest absolute Gasteiger partial charge is 0.465 e. The molecule has 2 rings (SSSR count). The molecular formula is C12H13BrN2O3S. The summed E-state index contributed by atoms with van der Waals surface area (Å²) in [6.07, 6.45) is 1.95. The van der Waals surface area contributed by atoms with Crippen molar-refractivity contribution in [2.45, 2.75) is 6.42 Å². The molecule has 5 nitrogen and oxygen atoms in total. The molecule has 1 aromatic rings. The van der Waals surface area contributed by atoms with E-state index in [0.717, 1.165) is 0 Å². The molecule has 1 fully saturated rings. The molecule has 1 aliphatic rings. The third-order valence-corrected chi connectivity index (χ3v) is 3.96. The quantitative estimate of drug-likeness (QED) is 0.517. The van der Waals surface area contributed by atoms with Crippen LogP contribution >= 0.6 is 28.6 Å². The third-order valence-electron chi connectivity index (χ3n) is 3.01. The highest BCUT2D eigenvalue weighted by Crippen LogP contribution is 2.29. The van der Waals surface area contributed by atoms with Gasteiger partial charge in [0, 0.05) is 13.0 Å². The van der Waals surface area contributed by atoms with E-state index in [-0.39, 0.29) is 11.8 Å². The molecule has 19 heavy (non-hydrogen) atoms. The summed E-state index contributed by atoms with van der Waals surface area (Å²) in [6.45, 7) is 0.551. The zero-order valence-electron chi connectivity index (χ0n) is 10.3. The van der Waals surface area contributed by atoms with Crippen molar-refractivity contribution >= 4 is 46.1 Å². The zero-order chi connectivity index (χ0) is 14.0. The molecule has 0 N–H and O–H groups in total. The van der Waals surface area contributed by atoms with Crippen molar-refractivity contribution in [1.82, 2.24) is 4.98 Å². The topological polar surface area (TPSA) is 59.5 Å². The van der Waals surface area contributed by atoms with E-state index in [0.29, 0.717) is 34.6 Å². The number of carbonyl (C=O) groups excluding carboxylic acids is 2. The fraction of sp³-hybridized carbons (Fsp3) is 0.417. The number of nitrogens with zero attached hydrogens (tertiary/aromatic N) is 2. The lowest BCUT2D eigenvalue weighted by Gasteiger charge is -2.19. The van der Waals surface area contributed by atoms with E-state index in [4.69, 9.17) is 4.74 Å². The molecule has 1 unspecified atom stereocenters. The van der Waals surface area contributed by atoms with E-state index in [1.807, 2.05) is 0 Å². The van der Waals surface area contributed by atoms with Crippen LogP contribution < -0.4 is 4.90 Å². The van der Waals surface area contributed by atoms with Gasteiger partial charge in [-0.2, -0.15) is 12.6 Å². The molecule has 0 aromatic carbocycles. The predicted molar refractivity (Wildman–Crippen MR) is 77.6 cm³/mol. The Morgan fingerprint density at radius 1 is 1.68 bits per heavy atom. The van der Waals surface area contributed by atoms with E-state index in [1.165, 1.54) is 13.3 Å². The fourth-order valence-corrected chi connectivity index (χ4v) is 2.62. The van der Waals surface area contributed by atoms with Gasteiger partial charge in [-0.25, -0.2) is 9.78 Å². The van der Waals surface area contributed by atoms with Gasteiger partial charge in [0.15, 0.2) is 0 Å². The first-order chi connectivity index (χ1) is 9.06. The number of amides is 1. The minimum absolute atomic E-state index is 0.0201. The maximum Gasteiger partial charge on any atom is 0.340 e. The second-order valence-corrected chi connectivity index (χ2v) is 5.45. The van der Waals surface area contributed by atoms with Gasteiger partial charge in [0.2, 0.25) is 5.91 Å². The summed E-state index contributed by atoms with van der Waals surface area (Å²) >= 11 is 7.43. The van der Waals surface area contributed by atoms with Crippen molar-refractivity contribution < 1.29 is 14.3 Å². The number of carbonyl (C=O) groups is 2. The number of ether oxygens (including phenoxy) is 1. The van der Waals surface area contributed by atoms with E-state index in [1.54, 1.807) is 11.0 Å². The number of aromatic nitrogens is 1. The molecule has 7 heteroatoms. The molecule has 0 spiro atoms. The van der Waals surface area contributed by atoms with Crippen molar-refractivity contribution in [3.63, 3.8) is 0 Å². The van der Waals surface area contributed by atoms with Gasteiger partial charge in [0.25, 0.3) is 0 Å². The van der Waals surface area contributed by atoms with Crippen LogP contribution in [0.5, 0.6) is 0 Å². The monoisotopic (exact) mass is 344 g/mol. The second kappa shape index (κ2) is 5.92. The standard InChI is InChI=1S/C12H13BrN2O3S/c1-18-12(17)8-3-10(13)14-4-9(8)15-5-7(6-19)2-11(15)16/h3-4,7,19H,2,5-6H2,1H3. The number of hydrogen-bond donors (Lipinski definition) is 1. The first-order valence-electron chi connectivity index (χ1n) is 5.72. The highest BCUT2D eigenvalue weighted by Gasteiger charge is 2.32. The molecular weight excluding hydrogens is 332 g/mol. The SMILES string of the molecule is COC(=O)c1cc(Br)ncc1N1CC(CS)CC1=O. The number of esters is 1. The Balaban J connectivity index is 2.39. The maximum atomic E-state index is 12.0. The van der Waals surface area contributed by atoms with Crippen molar-refractivity contribution in [2.75, 3.05) is 24.3 Å². The van der Waals surface area contributed by atoms with Gasteiger partial charge >= 0.3 is 5.97 Å². The highest BCUT2D eigenvalue weighted by atomic mass is 79.9. The van der Waals surface area contributed by atoms with E-state index >= 15 is 0 Å². The Labute approximate surface area is 124 Å². The lowest BCUT2D eigenvalue weighted by molar-refractivity contribution is -0.117. The summed E-state index contributed by atoms with van der Waals surface area (Å²) in [5.74, 6) is 0.332. The minimum Gasteiger partial charge on any atom is -0.465 e. The van der Waals surface area contributed by atoms with Crippen molar-refractivity contribution in [1.29, 1.82) is 0 Å². The molecule has 1 saturated heterocycles. The van der Waals surface area contributed by atoms with Crippen LogP contribution in [0.2, 0.25) is 0 Å². The molecule has 1 aliphatic heterocycles. The molecule has 0 saturated carbocycles. The second-order valence-electron chi connectivity index (χ2n) is 4.27. The summed E-state index contributed by atoms with van der Waals surface area (Å²) in [5.41, 5.74) is 0.821. The number of pyridine rings is 1. The fourth-order valence-electron chi connectivity index (χ4n) is 2.05. The van der Waals surface area contributed by atoms with Crippen LogP contribution in [0.1, 0.15) is 16.8 Å². The van der Waals surface area contributed by atoms with Gasteiger partial charge in [0.1, 0.15) is 4.60 Å². The summed E-state index contributed by atoms with van der Waals surface area (Å²) in [4.78, 5) is 29.4. The van der Waals surface area contributed by atoms with E-state index in [2.05, 4.69) is 33.5 Å². The van der Waals surface area contributed by atoms with Crippen LogP contribution in [0.15, 0.2) is 16.9 Å². The van der Waals surface area contributed by atoms with E-state index in [9.17, 15) is 9.59 Å². The molecule has 1 atom stereocenters. The first kappa shape index (κ1) is 14.3. The average molecular weight is 345 g/mol. The van der Waals surface area contributed by atoms with Crippen LogP contribution in [0.25, 0.3) is 0 Å². The number of rotatable bonds is 3. The Hall–Kier alpha value is -1.08. The number of hydrogen-bond acceptors (Lipinski definition) is 5. The van der Waals surface area contributed by atoms with Crippen LogP contribution in [0.4, 0.5) is 5.69 Å². The van der Waals surface area contributed by atoms with Crippen LogP contribution in [0, 0.1) is 5.92 Å². The first-order valence-corrected chi connectivity index (χ1v) is 7.14. The number of methoxy groups -OCH3 is 1. The van der Waals surface area contributed by atoms with Gasteiger partial charge in [-0.15, -0.1) is 0 Å². The van der Waals surface area contributed by atoms with Crippen molar-refractivity contribution in [3.05, 3.63) is 22.4 Å². The summed E-state index contributed by atoms with van der Waals surface area (Å²) in [7, 11) is 1.31. The molecule has 0 bridgehead atoms. The highest BCUT2D eigenvalue weighted by molar-refractivity contribution is 9.10. The Bertz CT molecular complexity index is 524. The normalized spacial score (nSPS) is 18.8. The van der Waals surface area contributed by atoms with Crippen LogP contribution in [-0.4, -0.2) is 36.3 Å². The molecule has 102 valence electrons. The Morgan fingerprint density at radius 2 is 2.42 bits per heavy atom. The van der Waals surface area contributed by atoms with E-state index < -0.39 is 5.97 Å². The molecule has 1 aromatic heterocycles. The van der Waals surface area contributed by atoms with Crippen molar-refractivity contribution in [2.24, 2.45) is 5.92 Å². The Kier molecular flexibility index (Phi) is 4.46. The average Bonchev–Trinajstić information content (AvgIpc) is 2.79. The van der Waals surface area contributed by atoms with Crippen LogP contribution in [-0.2, 0) is 9.53 Å². The number of thiol groups is 1. The number of halogens is 1. The lowest BCUT2D eigenvalue weighted by atomic mass is 10.1. The zero-order valence-corrected chi connectivity index (χ0v) is 12.8. The lowest BCUT2D eigenvalue weighted by Crippen LogP contribution is -2.27. The molecule has 0 aliphatic carbocycles. The molecule has 1 amide bonds. The summed E-state index contributed by atoms with van der Waals surface area (Å²) in [6, 6.07) is 1.56. The van der Waals surface area contributed by atoms with Gasteiger partial charge in [-0.3, -0.25) is 4.79 Å². The number of anilines is 1. The summed E-state index contributed by atoms with van der Waals surface area (Å²) in [5, 5.41) is 0. The van der Waals surface area contributed by atoms with Gasteiger partial charge in [-0.1, -0.05) is 0 Å². The molecule has 0 radical (unpaired) electrons. The van der Waals surface area contributed by atoms with Gasteiger partial charge in [-0.05, 0) is 33.7 Å². The molecule has 2 heterocycles. The summed E-state index contributed by atoms with van der Waals surface area (Å²) < 4.78 is 5.26. The van der Waals surface area contributed by atoms with Gasteiger partial charge < -0.3 is 9.64 Å². The third kappa shape index (κ3) is 2.92.